The third-order valence-corrected chi connectivity index (χ3v) is 2.56. The number of likely N-dealkylation sites (N-methyl/N-ethyl adjacent to an activating group) is 1. The first kappa shape index (κ1) is 17.4. The molecule has 0 radical (unpaired) electrons. The number of anilines is 2. The molecule has 0 aromatic heterocycles. The summed E-state index contributed by atoms with van der Waals surface area (Å²) in [5.41, 5.74) is 6.04. The highest BCUT2D eigenvalue weighted by atomic mass is 19.3. The van der Waals surface area contributed by atoms with Crippen LogP contribution in [-0.2, 0) is 4.74 Å². The average molecular weight is 307 g/mol. The zero-order valence-electron chi connectivity index (χ0n) is 12.0. The third-order valence-electron chi connectivity index (χ3n) is 2.56. The van der Waals surface area contributed by atoms with Gasteiger partial charge in [-0.1, -0.05) is 0 Å². The zero-order valence-corrected chi connectivity index (χ0v) is 12.0. The lowest BCUT2D eigenvalue weighted by atomic mass is 10.2. The number of rotatable bonds is 9. The van der Waals surface area contributed by atoms with Crippen LogP contribution in [0.5, 0.6) is 5.75 Å². The van der Waals surface area contributed by atoms with Crippen molar-refractivity contribution in [3.05, 3.63) is 17.9 Å². The summed E-state index contributed by atoms with van der Waals surface area (Å²) in [6.07, 6.45) is 0. The number of alkyl halides is 2. The monoisotopic (exact) mass is 307 g/mol. The predicted molar refractivity (Wildman–Crippen MR) is 75.3 cm³/mol. The van der Waals surface area contributed by atoms with Gasteiger partial charge in [-0.05, 0) is 14.1 Å². The van der Waals surface area contributed by atoms with Crippen molar-refractivity contribution >= 4 is 11.4 Å². The molecule has 0 aliphatic rings. The third kappa shape index (κ3) is 6.54. The van der Waals surface area contributed by atoms with Gasteiger partial charge in [0.15, 0.2) is 11.6 Å². The van der Waals surface area contributed by atoms with Gasteiger partial charge >= 0.3 is 6.61 Å². The highest BCUT2D eigenvalue weighted by Crippen LogP contribution is 2.29. The van der Waals surface area contributed by atoms with E-state index in [2.05, 4.69) is 10.1 Å². The Bertz CT molecular complexity index is 445. The van der Waals surface area contributed by atoms with E-state index in [1.165, 1.54) is 0 Å². The molecule has 0 heterocycles. The Morgan fingerprint density at radius 2 is 2.00 bits per heavy atom. The van der Waals surface area contributed by atoms with Gasteiger partial charge in [0, 0.05) is 25.2 Å². The van der Waals surface area contributed by atoms with Crippen LogP contribution < -0.4 is 15.8 Å². The molecule has 0 unspecified atom stereocenters. The molecule has 0 amide bonds. The second-order valence-corrected chi connectivity index (χ2v) is 4.59. The molecule has 3 N–H and O–H groups in total. The van der Waals surface area contributed by atoms with Gasteiger partial charge in [-0.15, -0.1) is 0 Å². The minimum Gasteiger partial charge on any atom is -0.432 e. The van der Waals surface area contributed by atoms with Crippen LogP contribution in [0, 0.1) is 5.82 Å². The van der Waals surface area contributed by atoms with Crippen LogP contribution in [0.3, 0.4) is 0 Å². The van der Waals surface area contributed by atoms with Crippen molar-refractivity contribution in [1.82, 2.24) is 4.90 Å². The summed E-state index contributed by atoms with van der Waals surface area (Å²) >= 11 is 0. The molecule has 0 aliphatic heterocycles. The Kier molecular flexibility index (Phi) is 7.10. The number of hydrogen-bond donors (Lipinski definition) is 2. The number of nitrogen functional groups attached to an aromatic ring is 1. The van der Waals surface area contributed by atoms with E-state index < -0.39 is 18.2 Å². The van der Waals surface area contributed by atoms with Crippen molar-refractivity contribution in [2.45, 2.75) is 6.61 Å². The van der Waals surface area contributed by atoms with E-state index in [1.54, 1.807) is 0 Å². The first-order valence-corrected chi connectivity index (χ1v) is 6.40. The van der Waals surface area contributed by atoms with Gasteiger partial charge in [-0.3, -0.25) is 0 Å². The molecular weight excluding hydrogens is 287 g/mol. The molecular formula is C13H20F3N3O2. The van der Waals surface area contributed by atoms with Crippen molar-refractivity contribution in [2.24, 2.45) is 0 Å². The van der Waals surface area contributed by atoms with E-state index in [0.717, 1.165) is 18.7 Å². The minimum absolute atomic E-state index is 0.113. The molecule has 0 aliphatic carbocycles. The summed E-state index contributed by atoms with van der Waals surface area (Å²) in [5, 5.41) is 2.89. The quantitative estimate of drug-likeness (QED) is 0.540. The number of nitrogens with two attached hydrogens (primary N) is 1. The van der Waals surface area contributed by atoms with Crippen molar-refractivity contribution in [3.63, 3.8) is 0 Å². The van der Waals surface area contributed by atoms with Gasteiger partial charge in [0.1, 0.15) is 0 Å². The number of hydrogen-bond acceptors (Lipinski definition) is 5. The summed E-state index contributed by atoms with van der Waals surface area (Å²) in [5.74, 6) is -1.48. The fourth-order valence-corrected chi connectivity index (χ4v) is 1.52. The number of nitrogens with zero attached hydrogens (tertiary/aromatic N) is 1. The van der Waals surface area contributed by atoms with E-state index in [0.29, 0.717) is 25.4 Å². The summed E-state index contributed by atoms with van der Waals surface area (Å²) in [6, 6.07) is 2.05. The Morgan fingerprint density at radius 3 is 2.62 bits per heavy atom. The normalized spacial score (nSPS) is 11.2. The Hall–Kier alpha value is -1.67. The lowest BCUT2D eigenvalue weighted by molar-refractivity contribution is -0.0521. The predicted octanol–water partition coefficient (Wildman–Crippen LogP) is 2.00. The van der Waals surface area contributed by atoms with Gasteiger partial charge in [0.05, 0.1) is 24.6 Å². The maximum Gasteiger partial charge on any atom is 0.387 e. The van der Waals surface area contributed by atoms with E-state index in [4.69, 9.17) is 10.5 Å². The smallest absolute Gasteiger partial charge is 0.387 e. The standard InChI is InChI=1S/C13H20F3N3O2/c1-19(2)4-6-20-5-3-18-11-8-12(21-13(15)16)9(14)7-10(11)17/h7-8,13,18H,3-6,17H2,1-2H3. The molecule has 1 rings (SSSR count). The highest BCUT2D eigenvalue weighted by molar-refractivity contribution is 5.68. The van der Waals surface area contributed by atoms with Crippen LogP contribution in [0.25, 0.3) is 0 Å². The maximum atomic E-state index is 13.4. The van der Waals surface area contributed by atoms with E-state index in [-0.39, 0.29) is 5.69 Å². The summed E-state index contributed by atoms with van der Waals surface area (Å²) in [4.78, 5) is 1.99. The van der Waals surface area contributed by atoms with E-state index in [1.807, 2.05) is 19.0 Å². The van der Waals surface area contributed by atoms with Gasteiger partial charge < -0.3 is 25.4 Å². The second kappa shape index (κ2) is 8.58. The lowest BCUT2D eigenvalue weighted by Crippen LogP contribution is -2.20. The molecule has 0 saturated heterocycles. The van der Waals surface area contributed by atoms with Crippen molar-refractivity contribution in [1.29, 1.82) is 0 Å². The van der Waals surface area contributed by atoms with Crippen LogP contribution >= 0.6 is 0 Å². The molecule has 8 heteroatoms. The molecule has 0 atom stereocenters. The summed E-state index contributed by atoms with van der Waals surface area (Å²) < 4.78 is 47.0. The van der Waals surface area contributed by atoms with Gasteiger partial charge in [0.2, 0.25) is 0 Å². The number of benzene rings is 1. The van der Waals surface area contributed by atoms with Crippen LogP contribution in [-0.4, -0.2) is 51.9 Å². The highest BCUT2D eigenvalue weighted by Gasteiger charge is 2.13. The lowest BCUT2D eigenvalue weighted by Gasteiger charge is -2.13. The largest absolute Gasteiger partial charge is 0.432 e. The van der Waals surface area contributed by atoms with Crippen LogP contribution in [0.1, 0.15) is 0 Å². The first-order chi connectivity index (χ1) is 9.90. The van der Waals surface area contributed by atoms with E-state index >= 15 is 0 Å². The van der Waals surface area contributed by atoms with E-state index in [9.17, 15) is 13.2 Å². The first-order valence-electron chi connectivity index (χ1n) is 6.40. The summed E-state index contributed by atoms with van der Waals surface area (Å²) in [7, 11) is 3.87. The molecule has 1 aromatic rings. The van der Waals surface area contributed by atoms with Crippen molar-refractivity contribution in [2.75, 3.05) is 51.4 Å². The van der Waals surface area contributed by atoms with Crippen LogP contribution in [0.15, 0.2) is 12.1 Å². The topological polar surface area (TPSA) is 59.8 Å². The van der Waals surface area contributed by atoms with Crippen molar-refractivity contribution in [3.8, 4) is 5.75 Å². The molecule has 0 saturated carbocycles. The molecule has 120 valence electrons. The average Bonchev–Trinajstić information content (AvgIpc) is 2.37. The minimum atomic E-state index is -3.09. The van der Waals surface area contributed by atoms with Gasteiger partial charge in [-0.2, -0.15) is 8.78 Å². The van der Waals surface area contributed by atoms with Gasteiger partial charge in [0.25, 0.3) is 0 Å². The molecule has 0 fully saturated rings. The maximum absolute atomic E-state index is 13.4. The summed E-state index contributed by atoms with van der Waals surface area (Å²) in [6.45, 7) is -0.892. The Morgan fingerprint density at radius 1 is 1.29 bits per heavy atom. The number of halogens is 3. The Balaban J connectivity index is 2.47. The van der Waals surface area contributed by atoms with Crippen LogP contribution in [0.2, 0.25) is 0 Å². The van der Waals surface area contributed by atoms with Crippen LogP contribution in [0.4, 0.5) is 24.5 Å². The molecule has 0 bridgehead atoms. The molecule has 5 nitrogen and oxygen atoms in total. The molecule has 1 aromatic carbocycles. The zero-order chi connectivity index (χ0) is 15.8. The molecule has 21 heavy (non-hydrogen) atoms. The SMILES string of the molecule is CN(C)CCOCCNc1cc(OC(F)F)c(F)cc1N. The number of ether oxygens (including phenoxy) is 2. The fraction of sp³-hybridized carbons (Fsp3) is 0.538. The fourth-order valence-electron chi connectivity index (χ4n) is 1.52. The molecule has 0 spiro atoms. The second-order valence-electron chi connectivity index (χ2n) is 4.59. The van der Waals surface area contributed by atoms with Gasteiger partial charge in [-0.25, -0.2) is 4.39 Å². The number of nitrogens with one attached hydrogen (secondary N) is 1. The van der Waals surface area contributed by atoms with Crippen molar-refractivity contribution < 1.29 is 22.6 Å². The Labute approximate surface area is 121 Å².